The number of hydrogen-bond acceptors (Lipinski definition) is 6. The number of furan rings is 1. The predicted molar refractivity (Wildman–Crippen MR) is 103 cm³/mol. The average Bonchev–Trinajstić information content (AvgIpc) is 3.21. The fourth-order valence-electron chi connectivity index (χ4n) is 2.05. The van der Waals surface area contributed by atoms with Crippen molar-refractivity contribution in [3.05, 3.63) is 52.4 Å². The van der Waals surface area contributed by atoms with E-state index in [9.17, 15) is 9.59 Å². The number of anilines is 1. The second-order valence-corrected chi connectivity index (χ2v) is 7.17. The van der Waals surface area contributed by atoms with Crippen LogP contribution in [0.4, 0.5) is 5.69 Å². The molecule has 0 spiro atoms. The summed E-state index contributed by atoms with van der Waals surface area (Å²) in [6.45, 7) is 0. The first-order valence-electron chi connectivity index (χ1n) is 7.38. The van der Waals surface area contributed by atoms with Crippen molar-refractivity contribution in [3.8, 4) is 0 Å². The molecular weight excluding hydrogens is 399 g/mol. The predicted octanol–water partition coefficient (Wildman–Crippen LogP) is 3.54. The van der Waals surface area contributed by atoms with Gasteiger partial charge in [0.1, 0.15) is 11.0 Å². The van der Waals surface area contributed by atoms with Gasteiger partial charge in [-0.1, -0.05) is 35.0 Å². The van der Waals surface area contributed by atoms with Crippen molar-refractivity contribution in [2.75, 3.05) is 5.32 Å². The lowest BCUT2D eigenvalue weighted by Crippen LogP contribution is -2.28. The van der Waals surface area contributed by atoms with E-state index in [2.05, 4.69) is 20.8 Å². The molecule has 1 aliphatic heterocycles. The minimum Gasteiger partial charge on any atom is -0.463 e. The van der Waals surface area contributed by atoms with E-state index in [4.69, 9.17) is 27.6 Å². The van der Waals surface area contributed by atoms with Crippen molar-refractivity contribution in [2.24, 2.45) is 10.2 Å². The first kappa shape index (κ1) is 18.5. The first-order valence-corrected chi connectivity index (χ1v) is 9.02. The topological polar surface area (TPSA) is 96.1 Å². The number of thioether (sulfide) groups is 1. The summed E-state index contributed by atoms with van der Waals surface area (Å²) in [6.07, 6.45) is 2.90. The van der Waals surface area contributed by atoms with Crippen LogP contribution in [-0.2, 0) is 9.59 Å². The van der Waals surface area contributed by atoms with Crippen LogP contribution in [0.1, 0.15) is 12.2 Å². The van der Waals surface area contributed by atoms with Crippen LogP contribution in [0.5, 0.6) is 0 Å². The number of carbonyl (C=O) groups is 2. The number of amidine groups is 1. The highest BCUT2D eigenvalue weighted by molar-refractivity contribution is 8.15. The molecule has 2 amide bonds. The van der Waals surface area contributed by atoms with Gasteiger partial charge in [0.05, 0.1) is 23.2 Å². The second-order valence-electron chi connectivity index (χ2n) is 5.14. The average molecular weight is 411 g/mol. The Morgan fingerprint density at radius 1 is 1.38 bits per heavy atom. The monoisotopic (exact) mass is 410 g/mol. The van der Waals surface area contributed by atoms with Crippen molar-refractivity contribution in [2.45, 2.75) is 11.7 Å². The fourth-order valence-corrected chi connectivity index (χ4v) is 3.43. The van der Waals surface area contributed by atoms with Gasteiger partial charge in [-0.25, -0.2) is 0 Å². The maximum atomic E-state index is 12.1. The summed E-state index contributed by atoms with van der Waals surface area (Å²) < 4.78 is 5.08. The summed E-state index contributed by atoms with van der Waals surface area (Å²) in [5, 5.41) is 13.5. The molecule has 1 atom stereocenters. The SMILES string of the molecule is O=C(C[C@H]1S/C(=N/N=C\c2ccco2)NC1=O)Nc1ccc(Cl)cc1Cl. The molecule has 134 valence electrons. The third-order valence-electron chi connectivity index (χ3n) is 3.23. The summed E-state index contributed by atoms with van der Waals surface area (Å²) in [5.74, 6) is -0.110. The Labute approximate surface area is 162 Å². The summed E-state index contributed by atoms with van der Waals surface area (Å²) in [5.41, 5.74) is 0.432. The van der Waals surface area contributed by atoms with Crippen LogP contribution in [0.25, 0.3) is 0 Å². The highest BCUT2D eigenvalue weighted by Crippen LogP contribution is 2.27. The molecule has 26 heavy (non-hydrogen) atoms. The molecule has 0 radical (unpaired) electrons. The lowest BCUT2D eigenvalue weighted by Gasteiger charge is -2.09. The standard InChI is InChI=1S/C16H12Cl2N4O3S/c17-9-3-4-12(11(18)6-9)20-14(23)7-13-15(24)21-16(26-13)22-19-8-10-2-1-5-25-10/h1-6,8,13H,7H2,(H,20,23)(H,21,22,24)/b19-8-/t13-/m1/s1. The summed E-state index contributed by atoms with van der Waals surface area (Å²) in [4.78, 5) is 24.1. The largest absolute Gasteiger partial charge is 0.463 e. The highest BCUT2D eigenvalue weighted by atomic mass is 35.5. The number of benzene rings is 1. The number of amides is 2. The summed E-state index contributed by atoms with van der Waals surface area (Å²) in [7, 11) is 0. The number of nitrogens with one attached hydrogen (secondary N) is 2. The highest BCUT2D eigenvalue weighted by Gasteiger charge is 2.32. The molecule has 1 fully saturated rings. The molecule has 1 aromatic heterocycles. The number of carbonyl (C=O) groups excluding carboxylic acids is 2. The van der Waals surface area contributed by atoms with Gasteiger partial charge in [0.2, 0.25) is 11.8 Å². The lowest BCUT2D eigenvalue weighted by atomic mass is 10.2. The second kappa shape index (κ2) is 8.39. The van der Waals surface area contributed by atoms with Gasteiger partial charge < -0.3 is 15.1 Å². The molecule has 0 aliphatic carbocycles. The maximum Gasteiger partial charge on any atom is 0.240 e. The number of halogens is 2. The van der Waals surface area contributed by atoms with E-state index in [1.807, 2.05) is 0 Å². The van der Waals surface area contributed by atoms with E-state index in [0.29, 0.717) is 26.7 Å². The summed E-state index contributed by atoms with van der Waals surface area (Å²) >= 11 is 13.0. The van der Waals surface area contributed by atoms with Crippen molar-refractivity contribution in [1.82, 2.24) is 5.32 Å². The third kappa shape index (κ3) is 4.87. The Morgan fingerprint density at radius 3 is 2.96 bits per heavy atom. The van der Waals surface area contributed by atoms with Gasteiger partial charge in [-0.3, -0.25) is 9.59 Å². The molecule has 2 heterocycles. The molecule has 0 unspecified atom stereocenters. The van der Waals surface area contributed by atoms with E-state index < -0.39 is 5.25 Å². The third-order valence-corrected chi connectivity index (χ3v) is 4.85. The molecule has 0 bridgehead atoms. The Balaban J connectivity index is 1.56. The molecule has 7 nitrogen and oxygen atoms in total. The van der Waals surface area contributed by atoms with E-state index >= 15 is 0 Å². The minimum absolute atomic E-state index is 0.0314. The molecule has 1 saturated heterocycles. The lowest BCUT2D eigenvalue weighted by molar-refractivity contribution is -0.122. The smallest absolute Gasteiger partial charge is 0.240 e. The molecule has 2 aromatic rings. The van der Waals surface area contributed by atoms with Crippen molar-refractivity contribution in [3.63, 3.8) is 0 Å². The van der Waals surface area contributed by atoms with E-state index in [1.54, 1.807) is 24.3 Å². The zero-order valence-corrected chi connectivity index (χ0v) is 15.4. The van der Waals surface area contributed by atoms with E-state index in [-0.39, 0.29) is 18.2 Å². The Morgan fingerprint density at radius 2 is 2.23 bits per heavy atom. The number of rotatable bonds is 5. The Bertz CT molecular complexity index is 884. The Kier molecular flexibility index (Phi) is 5.97. The van der Waals surface area contributed by atoms with Gasteiger partial charge in [-0.15, -0.1) is 5.10 Å². The van der Waals surface area contributed by atoms with Crippen LogP contribution >= 0.6 is 35.0 Å². The van der Waals surface area contributed by atoms with Crippen LogP contribution in [-0.4, -0.2) is 28.4 Å². The zero-order chi connectivity index (χ0) is 18.5. The normalized spacial score (nSPS) is 18.5. The molecule has 0 saturated carbocycles. The van der Waals surface area contributed by atoms with Gasteiger partial charge >= 0.3 is 0 Å². The van der Waals surface area contributed by atoms with Crippen LogP contribution in [0.3, 0.4) is 0 Å². The van der Waals surface area contributed by atoms with Gasteiger partial charge in [-0.2, -0.15) is 5.10 Å². The van der Waals surface area contributed by atoms with E-state index in [1.165, 1.54) is 18.5 Å². The molecule has 2 N–H and O–H groups in total. The van der Waals surface area contributed by atoms with Crippen molar-refractivity contribution in [1.29, 1.82) is 0 Å². The quantitative estimate of drug-likeness (QED) is 0.581. The first-order chi connectivity index (χ1) is 12.5. The molecular formula is C16H12Cl2N4O3S. The Hall–Kier alpha value is -2.29. The van der Waals surface area contributed by atoms with Crippen LogP contribution < -0.4 is 10.6 Å². The molecule has 3 rings (SSSR count). The number of nitrogens with zero attached hydrogens (tertiary/aromatic N) is 2. The van der Waals surface area contributed by atoms with Crippen LogP contribution in [0.2, 0.25) is 10.0 Å². The van der Waals surface area contributed by atoms with Crippen molar-refractivity contribution >= 4 is 63.8 Å². The maximum absolute atomic E-state index is 12.1. The molecule has 10 heteroatoms. The molecule has 1 aliphatic rings. The van der Waals surface area contributed by atoms with Gasteiger partial charge in [0, 0.05) is 11.4 Å². The van der Waals surface area contributed by atoms with Gasteiger partial charge in [0.15, 0.2) is 5.17 Å². The van der Waals surface area contributed by atoms with Crippen LogP contribution in [0.15, 0.2) is 51.2 Å². The number of hydrogen-bond donors (Lipinski definition) is 2. The van der Waals surface area contributed by atoms with E-state index in [0.717, 1.165) is 11.8 Å². The van der Waals surface area contributed by atoms with Gasteiger partial charge in [-0.05, 0) is 30.3 Å². The summed E-state index contributed by atoms with van der Waals surface area (Å²) in [6, 6.07) is 8.18. The fraction of sp³-hybridized carbons (Fsp3) is 0.125. The van der Waals surface area contributed by atoms with Gasteiger partial charge in [0.25, 0.3) is 0 Å². The minimum atomic E-state index is -0.598. The zero-order valence-electron chi connectivity index (χ0n) is 13.1. The van der Waals surface area contributed by atoms with Crippen LogP contribution in [0, 0.1) is 0 Å². The van der Waals surface area contributed by atoms with Crippen molar-refractivity contribution < 1.29 is 14.0 Å². The molecule has 1 aromatic carbocycles.